The van der Waals surface area contributed by atoms with E-state index in [0.29, 0.717) is 12.8 Å². The van der Waals surface area contributed by atoms with Crippen molar-refractivity contribution in [3.63, 3.8) is 0 Å². The molecule has 4 nitrogen and oxygen atoms in total. The van der Waals surface area contributed by atoms with Crippen molar-refractivity contribution in [3.05, 3.63) is 0 Å². The van der Waals surface area contributed by atoms with Crippen LogP contribution in [-0.4, -0.2) is 33.5 Å². The molecule has 0 saturated carbocycles. The van der Waals surface area contributed by atoms with Gasteiger partial charge in [-0.25, -0.2) is 4.79 Å². The first-order valence-electron chi connectivity index (χ1n) is 3.63. The Morgan fingerprint density at radius 2 is 1.91 bits per heavy atom. The van der Waals surface area contributed by atoms with Gasteiger partial charge in [-0.05, 0) is 26.2 Å². The summed E-state index contributed by atoms with van der Waals surface area (Å²) in [5.74, 6) is -1.20. The van der Waals surface area contributed by atoms with Crippen LogP contribution in [0.4, 0.5) is 0 Å². The lowest BCUT2D eigenvalue weighted by atomic mass is 10.1. The normalized spacial score (nSPS) is 15.9. The number of aliphatic carboxylic acids is 1. The summed E-state index contributed by atoms with van der Waals surface area (Å²) in [6.07, 6.45) is -0.430. The second kappa shape index (κ2) is 5.09. The number of carbonyl (C=O) groups is 1. The van der Waals surface area contributed by atoms with E-state index in [1.54, 1.807) is 6.92 Å². The summed E-state index contributed by atoms with van der Waals surface area (Å²) in [4.78, 5) is 10.1. The molecule has 0 aromatic heterocycles. The molecule has 0 aromatic carbocycles. The van der Waals surface area contributed by atoms with Crippen LogP contribution in [0, 0.1) is 0 Å². The van der Waals surface area contributed by atoms with Crippen LogP contribution in [0.3, 0.4) is 0 Å². The maximum atomic E-state index is 10.1. The third-order valence-corrected chi connectivity index (χ3v) is 1.38. The first kappa shape index (κ1) is 10.4. The Balaban J connectivity index is 3.31. The number of rotatable bonds is 5. The smallest absolute Gasteiger partial charge is 0.332 e. The molecule has 0 aliphatic rings. The highest BCUT2D eigenvalue weighted by Gasteiger charge is 2.12. The second-order valence-electron chi connectivity index (χ2n) is 2.63. The zero-order valence-electron chi connectivity index (χ0n) is 6.53. The minimum Gasteiger partial charge on any atom is -0.479 e. The van der Waals surface area contributed by atoms with Crippen LogP contribution < -0.4 is 0 Å². The molecular formula is C7H14O4. The maximum absolute atomic E-state index is 10.1. The van der Waals surface area contributed by atoms with Crippen molar-refractivity contribution in [3.8, 4) is 0 Å². The molecule has 0 rings (SSSR count). The molecule has 0 radical (unpaired) electrons. The molecule has 0 heterocycles. The minimum atomic E-state index is -1.28. The zero-order chi connectivity index (χ0) is 8.85. The lowest BCUT2D eigenvalue weighted by Crippen LogP contribution is -2.19. The Bertz CT molecular complexity index is 122. The highest BCUT2D eigenvalue weighted by molar-refractivity contribution is 5.71. The predicted molar refractivity (Wildman–Crippen MR) is 39.2 cm³/mol. The summed E-state index contributed by atoms with van der Waals surface area (Å²) >= 11 is 0. The lowest BCUT2D eigenvalue weighted by molar-refractivity contribution is -0.147. The van der Waals surface area contributed by atoms with Crippen LogP contribution >= 0.6 is 0 Å². The molecule has 0 aliphatic heterocycles. The molecule has 0 bridgehead atoms. The Morgan fingerprint density at radius 3 is 2.27 bits per heavy atom. The van der Waals surface area contributed by atoms with Crippen molar-refractivity contribution in [2.45, 2.75) is 38.4 Å². The summed E-state index contributed by atoms with van der Waals surface area (Å²) in [6, 6.07) is 0. The van der Waals surface area contributed by atoms with Gasteiger partial charge in [0.2, 0.25) is 0 Å². The van der Waals surface area contributed by atoms with Crippen molar-refractivity contribution in [1.82, 2.24) is 0 Å². The van der Waals surface area contributed by atoms with Crippen molar-refractivity contribution in [1.29, 1.82) is 0 Å². The van der Waals surface area contributed by atoms with Gasteiger partial charge in [0.25, 0.3) is 0 Å². The molecule has 0 aromatic rings. The van der Waals surface area contributed by atoms with E-state index in [4.69, 9.17) is 15.3 Å². The number of carboxylic acids is 1. The summed E-state index contributed by atoms with van der Waals surface area (Å²) in [7, 11) is 0. The fourth-order valence-corrected chi connectivity index (χ4v) is 0.730. The van der Waals surface area contributed by atoms with Gasteiger partial charge in [0.15, 0.2) is 6.10 Å². The van der Waals surface area contributed by atoms with E-state index < -0.39 is 18.2 Å². The fraction of sp³-hybridized carbons (Fsp3) is 0.857. The summed E-state index contributed by atoms with van der Waals surface area (Å²) in [5.41, 5.74) is 0. The molecule has 4 heteroatoms. The molecule has 0 saturated heterocycles. The van der Waals surface area contributed by atoms with Gasteiger partial charge < -0.3 is 15.3 Å². The van der Waals surface area contributed by atoms with Crippen LogP contribution in [-0.2, 0) is 4.79 Å². The van der Waals surface area contributed by atoms with Gasteiger partial charge >= 0.3 is 5.97 Å². The molecule has 3 N–H and O–H groups in total. The first-order chi connectivity index (χ1) is 5.04. The minimum absolute atomic E-state index is 0.209. The van der Waals surface area contributed by atoms with Gasteiger partial charge in [0.1, 0.15) is 0 Å². The molecule has 2 unspecified atom stereocenters. The average Bonchev–Trinajstić information content (AvgIpc) is 1.86. The molecule has 2 atom stereocenters. The highest BCUT2D eigenvalue weighted by atomic mass is 16.4. The van der Waals surface area contributed by atoms with Gasteiger partial charge in [-0.1, -0.05) is 0 Å². The van der Waals surface area contributed by atoms with Crippen LogP contribution in [0.5, 0.6) is 0 Å². The molecule has 66 valence electrons. The van der Waals surface area contributed by atoms with Gasteiger partial charge in [-0.3, -0.25) is 0 Å². The van der Waals surface area contributed by atoms with Crippen LogP contribution in [0.1, 0.15) is 26.2 Å². The molecule has 0 aliphatic carbocycles. The average molecular weight is 162 g/mol. The van der Waals surface area contributed by atoms with E-state index in [9.17, 15) is 4.79 Å². The maximum Gasteiger partial charge on any atom is 0.332 e. The summed E-state index contributed by atoms with van der Waals surface area (Å²) < 4.78 is 0. The Hall–Kier alpha value is -0.610. The monoisotopic (exact) mass is 162 g/mol. The van der Waals surface area contributed by atoms with E-state index in [1.807, 2.05) is 0 Å². The van der Waals surface area contributed by atoms with Crippen molar-refractivity contribution in [2.75, 3.05) is 0 Å². The number of carboxylic acid groups (broad SMARTS) is 1. The van der Waals surface area contributed by atoms with Crippen molar-refractivity contribution < 1.29 is 20.1 Å². The van der Waals surface area contributed by atoms with Crippen molar-refractivity contribution >= 4 is 5.97 Å². The van der Waals surface area contributed by atoms with E-state index in [0.717, 1.165) is 0 Å². The third kappa shape index (κ3) is 5.82. The topological polar surface area (TPSA) is 77.8 Å². The Labute approximate surface area is 65.5 Å². The van der Waals surface area contributed by atoms with Crippen LogP contribution in [0.15, 0.2) is 0 Å². The van der Waals surface area contributed by atoms with Gasteiger partial charge in [-0.15, -0.1) is 0 Å². The first-order valence-corrected chi connectivity index (χ1v) is 3.63. The van der Waals surface area contributed by atoms with Crippen LogP contribution in [0.25, 0.3) is 0 Å². The Kier molecular flexibility index (Phi) is 4.81. The third-order valence-electron chi connectivity index (χ3n) is 1.38. The number of hydrogen-bond acceptors (Lipinski definition) is 3. The van der Waals surface area contributed by atoms with E-state index in [1.165, 1.54) is 0 Å². The molecule has 0 amide bonds. The molecule has 11 heavy (non-hydrogen) atoms. The summed E-state index contributed by atoms with van der Waals surface area (Å²) in [6.45, 7) is 1.63. The fourth-order valence-electron chi connectivity index (χ4n) is 0.730. The van der Waals surface area contributed by atoms with Crippen molar-refractivity contribution in [2.24, 2.45) is 0 Å². The van der Waals surface area contributed by atoms with Gasteiger partial charge in [0.05, 0.1) is 6.10 Å². The zero-order valence-corrected chi connectivity index (χ0v) is 6.53. The Morgan fingerprint density at radius 1 is 1.36 bits per heavy atom. The summed E-state index contributed by atoms with van der Waals surface area (Å²) in [5, 5.41) is 25.8. The van der Waals surface area contributed by atoms with E-state index >= 15 is 0 Å². The lowest BCUT2D eigenvalue weighted by Gasteiger charge is -2.05. The number of aliphatic hydroxyl groups is 2. The van der Waals surface area contributed by atoms with Gasteiger partial charge in [0, 0.05) is 0 Å². The highest BCUT2D eigenvalue weighted by Crippen LogP contribution is 2.03. The van der Waals surface area contributed by atoms with Crippen LogP contribution in [0.2, 0.25) is 0 Å². The number of hydrogen-bond donors (Lipinski definition) is 3. The van der Waals surface area contributed by atoms with E-state index in [2.05, 4.69) is 0 Å². The SMILES string of the molecule is CC(O)CCCC(O)C(=O)O. The number of aliphatic hydroxyl groups excluding tert-OH is 2. The quantitative estimate of drug-likeness (QED) is 0.531. The van der Waals surface area contributed by atoms with Gasteiger partial charge in [-0.2, -0.15) is 0 Å². The predicted octanol–water partition coefficient (Wildman–Crippen LogP) is -0.0170. The van der Waals surface area contributed by atoms with E-state index in [-0.39, 0.29) is 6.42 Å². The largest absolute Gasteiger partial charge is 0.479 e. The molecular weight excluding hydrogens is 148 g/mol. The molecule has 0 spiro atoms. The standard InChI is InChI=1S/C7H14O4/c1-5(8)3-2-4-6(9)7(10)11/h5-6,8-9H,2-4H2,1H3,(H,10,11). The second-order valence-corrected chi connectivity index (χ2v) is 2.63. The molecule has 0 fully saturated rings.